The van der Waals surface area contributed by atoms with E-state index in [9.17, 15) is 8.42 Å². The van der Waals surface area contributed by atoms with Crippen molar-refractivity contribution in [3.8, 4) is 0 Å². The summed E-state index contributed by atoms with van der Waals surface area (Å²) in [4.78, 5) is 4.47. The van der Waals surface area contributed by atoms with Crippen LogP contribution in [-0.2, 0) is 10.0 Å². The third-order valence-electron chi connectivity index (χ3n) is 4.02. The Labute approximate surface area is 168 Å². The molecule has 3 rings (SSSR count). The van der Waals surface area contributed by atoms with E-state index >= 15 is 0 Å². The number of sulfonamides is 1. The lowest BCUT2D eigenvalue weighted by molar-refractivity contribution is 0.350. The van der Waals surface area contributed by atoms with E-state index in [1.165, 1.54) is 15.6 Å². The number of benzene rings is 2. The van der Waals surface area contributed by atoms with Gasteiger partial charge in [0.15, 0.2) is 0 Å². The monoisotopic (exact) mass is 431 g/mol. The number of nitrogens with two attached hydrogens (primary N) is 1. The summed E-state index contributed by atoms with van der Waals surface area (Å²) in [6.45, 7) is 2.28. The van der Waals surface area contributed by atoms with Crippen molar-refractivity contribution in [2.75, 3.05) is 13.1 Å². The Balaban J connectivity index is 0.00000243. The number of aromatic nitrogens is 1. The Morgan fingerprint density at radius 3 is 2.69 bits per heavy atom. The fraction of sp³-hybridized carbons (Fsp3) is 0.235. The first-order chi connectivity index (χ1) is 11.9. The average Bonchev–Trinajstić information content (AvgIpc) is 3.07. The van der Waals surface area contributed by atoms with Gasteiger partial charge in [0, 0.05) is 24.2 Å². The number of thiazole rings is 1. The van der Waals surface area contributed by atoms with Gasteiger partial charge in [0.05, 0.1) is 15.7 Å². The number of halogens is 2. The molecule has 1 heterocycles. The second-order valence-corrected chi connectivity index (χ2v) is 8.74. The molecule has 0 radical (unpaired) electrons. The molecule has 0 aliphatic rings. The number of hydrogen-bond acceptors (Lipinski definition) is 5. The maximum absolute atomic E-state index is 13.4. The van der Waals surface area contributed by atoms with Crippen LogP contribution in [0, 0.1) is 0 Å². The number of hydrogen-bond donors (Lipinski definition) is 1. The van der Waals surface area contributed by atoms with Gasteiger partial charge in [0.1, 0.15) is 4.90 Å². The van der Waals surface area contributed by atoms with Gasteiger partial charge in [-0.25, -0.2) is 13.4 Å². The predicted molar refractivity (Wildman–Crippen MR) is 110 cm³/mol. The molecule has 0 bridgehead atoms. The molecule has 0 aliphatic carbocycles. The molecule has 0 saturated carbocycles. The summed E-state index contributed by atoms with van der Waals surface area (Å²) in [5, 5.41) is 0.569. The number of rotatable bonds is 6. The molecular formula is C17H19Cl2N3O2S2. The smallest absolute Gasteiger partial charge is 0.245 e. The van der Waals surface area contributed by atoms with E-state index in [4.69, 9.17) is 17.3 Å². The SMILES string of the molecule is CC(c1cccc(Cl)c1)N(CCN)S(=O)(=O)c1cccc2ncsc12.Cl. The van der Waals surface area contributed by atoms with Crippen molar-refractivity contribution in [1.29, 1.82) is 0 Å². The van der Waals surface area contributed by atoms with Gasteiger partial charge in [-0.3, -0.25) is 0 Å². The zero-order chi connectivity index (χ0) is 18.0. The minimum Gasteiger partial charge on any atom is -0.329 e. The number of fused-ring (bicyclic) bond motifs is 1. The van der Waals surface area contributed by atoms with Gasteiger partial charge < -0.3 is 5.73 Å². The van der Waals surface area contributed by atoms with E-state index in [1.54, 1.807) is 35.8 Å². The molecule has 9 heteroatoms. The van der Waals surface area contributed by atoms with Gasteiger partial charge in [-0.2, -0.15) is 4.31 Å². The van der Waals surface area contributed by atoms with Crippen LogP contribution in [0.15, 0.2) is 52.9 Å². The minimum atomic E-state index is -3.74. The zero-order valence-corrected chi connectivity index (χ0v) is 17.2. The van der Waals surface area contributed by atoms with Crippen LogP contribution in [0.3, 0.4) is 0 Å². The highest BCUT2D eigenvalue weighted by atomic mass is 35.5. The molecule has 140 valence electrons. The van der Waals surface area contributed by atoms with E-state index in [-0.39, 0.29) is 30.4 Å². The van der Waals surface area contributed by atoms with Crippen LogP contribution < -0.4 is 5.73 Å². The normalized spacial score (nSPS) is 12.9. The first kappa shape index (κ1) is 21.1. The van der Waals surface area contributed by atoms with E-state index in [0.717, 1.165) is 5.56 Å². The molecule has 0 saturated heterocycles. The lowest BCUT2D eigenvalue weighted by Crippen LogP contribution is -2.37. The lowest BCUT2D eigenvalue weighted by Gasteiger charge is -2.28. The molecule has 0 fully saturated rings. The second-order valence-electron chi connectivity index (χ2n) is 5.59. The standard InChI is InChI=1S/C17H18ClN3O2S2.ClH/c1-12(13-4-2-5-14(18)10-13)21(9-8-19)25(22,23)16-7-3-6-15-17(16)24-11-20-15;/h2-7,10-12H,8-9,19H2,1H3;1H. The van der Waals surface area contributed by atoms with Gasteiger partial charge in [0.2, 0.25) is 10.0 Å². The molecule has 2 N–H and O–H groups in total. The molecule has 26 heavy (non-hydrogen) atoms. The summed E-state index contributed by atoms with van der Waals surface area (Å²) >= 11 is 7.38. The van der Waals surface area contributed by atoms with Crippen LogP contribution in [0.4, 0.5) is 0 Å². The highest BCUT2D eigenvalue weighted by Gasteiger charge is 2.31. The first-order valence-corrected chi connectivity index (χ1v) is 10.4. The highest BCUT2D eigenvalue weighted by Crippen LogP contribution is 2.33. The fourth-order valence-corrected chi connectivity index (χ4v) is 5.85. The van der Waals surface area contributed by atoms with Crippen LogP contribution >= 0.6 is 35.3 Å². The van der Waals surface area contributed by atoms with Crippen molar-refractivity contribution in [3.05, 3.63) is 58.6 Å². The highest BCUT2D eigenvalue weighted by molar-refractivity contribution is 7.89. The Hall–Kier alpha value is -1.22. The molecule has 1 unspecified atom stereocenters. The summed E-state index contributed by atoms with van der Waals surface area (Å²) in [7, 11) is -3.74. The molecule has 2 aromatic carbocycles. The fourth-order valence-electron chi connectivity index (χ4n) is 2.77. The van der Waals surface area contributed by atoms with Crippen molar-refractivity contribution in [2.24, 2.45) is 5.73 Å². The molecule has 0 spiro atoms. The topological polar surface area (TPSA) is 76.3 Å². The molecular weight excluding hydrogens is 413 g/mol. The van der Waals surface area contributed by atoms with E-state index in [0.29, 0.717) is 15.2 Å². The van der Waals surface area contributed by atoms with Crippen LogP contribution in [-0.4, -0.2) is 30.8 Å². The second kappa shape index (κ2) is 8.65. The van der Waals surface area contributed by atoms with E-state index in [1.807, 2.05) is 19.1 Å². The van der Waals surface area contributed by atoms with E-state index in [2.05, 4.69) is 4.98 Å². The number of nitrogens with zero attached hydrogens (tertiary/aromatic N) is 2. The first-order valence-electron chi connectivity index (χ1n) is 7.74. The van der Waals surface area contributed by atoms with Gasteiger partial charge in [-0.05, 0) is 36.8 Å². The van der Waals surface area contributed by atoms with Crippen LogP contribution in [0.5, 0.6) is 0 Å². The quantitative estimate of drug-likeness (QED) is 0.637. The molecule has 5 nitrogen and oxygen atoms in total. The van der Waals surface area contributed by atoms with Crippen LogP contribution in [0.1, 0.15) is 18.5 Å². The largest absolute Gasteiger partial charge is 0.329 e. The molecule has 0 aliphatic heterocycles. The van der Waals surface area contributed by atoms with Gasteiger partial charge in [-0.15, -0.1) is 23.7 Å². The Kier molecular flexibility index (Phi) is 7.01. The van der Waals surface area contributed by atoms with Crippen LogP contribution in [0.25, 0.3) is 10.2 Å². The average molecular weight is 432 g/mol. The maximum atomic E-state index is 13.4. The zero-order valence-electron chi connectivity index (χ0n) is 14.0. The summed E-state index contributed by atoms with van der Waals surface area (Å²) in [6.07, 6.45) is 0. The maximum Gasteiger partial charge on any atom is 0.245 e. The third kappa shape index (κ3) is 4.03. The Morgan fingerprint density at radius 2 is 2.00 bits per heavy atom. The summed E-state index contributed by atoms with van der Waals surface area (Å²) < 4.78 is 28.8. The molecule has 1 aromatic heterocycles. The van der Waals surface area contributed by atoms with Crippen molar-refractivity contribution < 1.29 is 8.42 Å². The van der Waals surface area contributed by atoms with Crippen LogP contribution in [0.2, 0.25) is 5.02 Å². The summed E-state index contributed by atoms with van der Waals surface area (Å²) in [5.74, 6) is 0. The third-order valence-corrected chi connectivity index (χ3v) is 7.27. The molecule has 3 aromatic rings. The summed E-state index contributed by atoms with van der Waals surface area (Å²) in [5.41, 5.74) is 8.85. The Morgan fingerprint density at radius 1 is 1.27 bits per heavy atom. The van der Waals surface area contributed by atoms with Crippen molar-refractivity contribution in [2.45, 2.75) is 17.9 Å². The van der Waals surface area contributed by atoms with E-state index < -0.39 is 16.1 Å². The summed E-state index contributed by atoms with van der Waals surface area (Å²) in [6, 6.07) is 11.9. The minimum absolute atomic E-state index is 0. The van der Waals surface area contributed by atoms with Gasteiger partial charge in [-0.1, -0.05) is 29.8 Å². The predicted octanol–water partition coefficient (Wildman–Crippen LogP) is 4.08. The van der Waals surface area contributed by atoms with Gasteiger partial charge >= 0.3 is 0 Å². The Bertz CT molecular complexity index is 992. The van der Waals surface area contributed by atoms with Gasteiger partial charge in [0.25, 0.3) is 0 Å². The van der Waals surface area contributed by atoms with Crippen molar-refractivity contribution in [1.82, 2.24) is 9.29 Å². The van der Waals surface area contributed by atoms with Crippen molar-refractivity contribution in [3.63, 3.8) is 0 Å². The lowest BCUT2D eigenvalue weighted by atomic mass is 10.1. The molecule has 1 atom stereocenters. The molecule has 0 amide bonds. The van der Waals surface area contributed by atoms with Crippen molar-refractivity contribution >= 4 is 55.6 Å².